The number of rotatable bonds is 5. The van der Waals surface area contributed by atoms with E-state index in [0.29, 0.717) is 56.7 Å². The van der Waals surface area contributed by atoms with E-state index in [1.165, 1.54) is 12.4 Å². The molecule has 0 amide bonds. The number of nitrogens with zero attached hydrogens (tertiary/aromatic N) is 6. The molecule has 39 heavy (non-hydrogen) atoms. The van der Waals surface area contributed by atoms with Crippen LogP contribution >= 0.6 is 0 Å². The molecule has 3 aromatic heterocycles. The number of nitrogens with two attached hydrogens (primary N) is 1. The van der Waals surface area contributed by atoms with Gasteiger partial charge in [0.1, 0.15) is 29.8 Å². The zero-order valence-corrected chi connectivity index (χ0v) is 22.2. The Labute approximate surface area is 224 Å². The van der Waals surface area contributed by atoms with Crippen molar-refractivity contribution in [3.63, 3.8) is 0 Å². The van der Waals surface area contributed by atoms with Crippen molar-refractivity contribution in [3.8, 4) is 11.1 Å². The van der Waals surface area contributed by atoms with Gasteiger partial charge in [0.15, 0.2) is 5.65 Å². The Balaban J connectivity index is 1.53. The lowest BCUT2D eigenvalue weighted by molar-refractivity contribution is 0.148. The number of piperazine rings is 1. The summed E-state index contributed by atoms with van der Waals surface area (Å²) < 4.78 is 22.8. The van der Waals surface area contributed by atoms with Gasteiger partial charge in [-0.2, -0.15) is 5.10 Å². The molecule has 2 aromatic carbocycles. The molecular weight excluding hydrogens is 497 g/mol. The normalized spacial score (nSPS) is 15.8. The van der Waals surface area contributed by atoms with Crippen molar-refractivity contribution in [3.05, 3.63) is 82.0 Å². The fourth-order valence-electron chi connectivity index (χ4n) is 5.51. The molecule has 1 saturated heterocycles. The third-order valence-electron chi connectivity index (χ3n) is 7.55. The van der Waals surface area contributed by atoms with E-state index in [1.54, 1.807) is 22.9 Å². The van der Waals surface area contributed by atoms with Gasteiger partial charge in [0.2, 0.25) is 0 Å². The molecule has 1 unspecified atom stereocenters. The van der Waals surface area contributed by atoms with Crippen LogP contribution in [-0.2, 0) is 6.54 Å². The van der Waals surface area contributed by atoms with Crippen LogP contribution in [0.1, 0.15) is 30.0 Å². The highest BCUT2D eigenvalue weighted by atomic mass is 19.1. The minimum Gasteiger partial charge on any atom is -0.424 e. The summed E-state index contributed by atoms with van der Waals surface area (Å²) in [7, 11) is 2.11. The van der Waals surface area contributed by atoms with E-state index in [4.69, 9.17) is 10.2 Å². The number of aryl methyl sites for hydroxylation is 1. The summed E-state index contributed by atoms with van der Waals surface area (Å²) in [5, 5.41) is 6.45. The molecule has 5 aromatic rings. The number of aromatic nitrogens is 4. The van der Waals surface area contributed by atoms with Gasteiger partial charge in [-0.05, 0) is 56.3 Å². The molecule has 0 saturated carbocycles. The summed E-state index contributed by atoms with van der Waals surface area (Å²) in [4.78, 5) is 26.3. The number of anilines is 1. The second-order valence-corrected chi connectivity index (χ2v) is 10.3. The Morgan fingerprint density at radius 1 is 1.08 bits per heavy atom. The van der Waals surface area contributed by atoms with E-state index in [-0.39, 0.29) is 5.82 Å². The summed E-state index contributed by atoms with van der Waals surface area (Å²) >= 11 is 0. The Bertz CT molecular complexity index is 1750. The maximum Gasteiger partial charge on any atom is 0.343 e. The molecule has 200 valence electrons. The fraction of sp³-hybridized carbons (Fsp3) is 0.310. The number of nitrogen functional groups attached to an aromatic ring is 1. The van der Waals surface area contributed by atoms with Gasteiger partial charge in [0, 0.05) is 43.7 Å². The fourth-order valence-corrected chi connectivity index (χ4v) is 5.51. The van der Waals surface area contributed by atoms with Crippen molar-refractivity contribution in [2.45, 2.75) is 26.4 Å². The van der Waals surface area contributed by atoms with Crippen LogP contribution in [0.25, 0.3) is 32.9 Å². The van der Waals surface area contributed by atoms with Crippen molar-refractivity contribution in [1.29, 1.82) is 0 Å². The Hall–Kier alpha value is -4.15. The number of benzene rings is 2. The largest absolute Gasteiger partial charge is 0.424 e. The van der Waals surface area contributed by atoms with Gasteiger partial charge in [-0.1, -0.05) is 18.2 Å². The summed E-state index contributed by atoms with van der Waals surface area (Å²) in [5.41, 5.74) is 9.01. The number of fused-ring (bicyclic) bond motifs is 2. The summed E-state index contributed by atoms with van der Waals surface area (Å²) in [6, 6.07) is 11.8. The first-order valence-corrected chi connectivity index (χ1v) is 13.0. The first-order chi connectivity index (χ1) is 18.8. The predicted molar refractivity (Wildman–Crippen MR) is 149 cm³/mol. The van der Waals surface area contributed by atoms with Gasteiger partial charge in [0.25, 0.3) is 0 Å². The number of hydrogen-bond donors (Lipinski definition) is 1. The van der Waals surface area contributed by atoms with E-state index in [1.807, 2.05) is 32.0 Å². The van der Waals surface area contributed by atoms with E-state index < -0.39 is 11.7 Å². The first-order valence-electron chi connectivity index (χ1n) is 13.0. The van der Waals surface area contributed by atoms with Crippen molar-refractivity contribution >= 4 is 27.6 Å². The van der Waals surface area contributed by atoms with Gasteiger partial charge in [-0.15, -0.1) is 0 Å². The molecule has 9 nitrogen and oxygen atoms in total. The molecule has 0 radical (unpaired) electrons. The molecule has 6 rings (SSSR count). The van der Waals surface area contributed by atoms with Crippen LogP contribution < -0.4 is 11.4 Å². The molecule has 0 bridgehead atoms. The molecule has 2 N–H and O–H groups in total. The minimum absolute atomic E-state index is 0.329. The molecule has 4 heterocycles. The van der Waals surface area contributed by atoms with Crippen molar-refractivity contribution in [2.24, 2.45) is 0 Å². The van der Waals surface area contributed by atoms with E-state index in [9.17, 15) is 4.79 Å². The van der Waals surface area contributed by atoms with Crippen LogP contribution in [0.5, 0.6) is 0 Å². The highest BCUT2D eigenvalue weighted by Crippen LogP contribution is 2.37. The van der Waals surface area contributed by atoms with Gasteiger partial charge in [0.05, 0.1) is 16.5 Å². The molecule has 0 spiro atoms. The number of likely N-dealkylation sites (N-methyl/N-ethyl adjacent to an activating group) is 1. The molecule has 1 aliphatic rings. The third kappa shape index (κ3) is 4.55. The zero-order chi connectivity index (χ0) is 27.3. The lowest BCUT2D eigenvalue weighted by atomic mass is 9.94. The minimum atomic E-state index is -0.549. The van der Waals surface area contributed by atoms with E-state index in [2.05, 4.69) is 31.9 Å². The average Bonchev–Trinajstić information content (AvgIpc) is 3.26. The maximum absolute atomic E-state index is 15.2. The Kier molecular flexibility index (Phi) is 6.36. The van der Waals surface area contributed by atoms with E-state index in [0.717, 1.165) is 31.7 Å². The highest BCUT2D eigenvalue weighted by molar-refractivity contribution is 5.97. The van der Waals surface area contributed by atoms with Gasteiger partial charge in [-0.25, -0.2) is 23.8 Å². The molecule has 1 atom stereocenters. The lowest BCUT2D eigenvalue weighted by Gasteiger charge is -2.32. The van der Waals surface area contributed by atoms with Crippen molar-refractivity contribution in [2.75, 3.05) is 39.0 Å². The summed E-state index contributed by atoms with van der Waals surface area (Å²) in [6.45, 7) is 8.14. The monoisotopic (exact) mass is 527 g/mol. The molecule has 1 aliphatic heterocycles. The van der Waals surface area contributed by atoms with Crippen LogP contribution in [-0.4, -0.2) is 62.8 Å². The van der Waals surface area contributed by atoms with Crippen molar-refractivity contribution in [1.82, 2.24) is 29.5 Å². The smallest absolute Gasteiger partial charge is 0.343 e. The molecular formula is C29H30FN7O2. The SMILES string of the molecule is Cc1nn(C(C)c2oc(=O)c3ccccc3c2-c2cc(F)cc(CN3CCN(C)CC3)c2)c2ncnc(N)c12. The van der Waals surface area contributed by atoms with Gasteiger partial charge < -0.3 is 15.1 Å². The predicted octanol–water partition coefficient (Wildman–Crippen LogP) is 3.99. The van der Waals surface area contributed by atoms with Crippen molar-refractivity contribution < 1.29 is 8.81 Å². The number of halogens is 1. The molecule has 10 heteroatoms. The third-order valence-corrected chi connectivity index (χ3v) is 7.55. The molecule has 0 aliphatic carbocycles. The summed E-state index contributed by atoms with van der Waals surface area (Å²) in [5.74, 6) is 0.359. The van der Waals surface area contributed by atoms with Crippen LogP contribution in [0.2, 0.25) is 0 Å². The second kappa shape index (κ2) is 9.87. The van der Waals surface area contributed by atoms with Crippen LogP contribution in [0, 0.1) is 12.7 Å². The lowest BCUT2D eigenvalue weighted by Crippen LogP contribution is -2.43. The maximum atomic E-state index is 15.2. The van der Waals surface area contributed by atoms with Crippen LogP contribution in [0.4, 0.5) is 10.2 Å². The Morgan fingerprint density at radius 3 is 2.59 bits per heavy atom. The Morgan fingerprint density at radius 2 is 1.82 bits per heavy atom. The summed E-state index contributed by atoms with van der Waals surface area (Å²) in [6.07, 6.45) is 1.39. The van der Waals surface area contributed by atoms with Crippen LogP contribution in [0.15, 0.2) is 58.0 Å². The number of hydrogen-bond acceptors (Lipinski definition) is 8. The average molecular weight is 528 g/mol. The van der Waals surface area contributed by atoms with Gasteiger partial charge >= 0.3 is 5.63 Å². The quantitative estimate of drug-likeness (QED) is 0.366. The topological polar surface area (TPSA) is 106 Å². The first kappa shape index (κ1) is 25.1. The second-order valence-electron chi connectivity index (χ2n) is 10.3. The van der Waals surface area contributed by atoms with Gasteiger partial charge in [-0.3, -0.25) is 4.90 Å². The molecule has 1 fully saturated rings. The zero-order valence-electron chi connectivity index (χ0n) is 22.2. The van der Waals surface area contributed by atoms with E-state index >= 15 is 4.39 Å². The standard InChI is InChI=1S/C29H30FN7O2/c1-17-24-27(31)32-16-33-28(24)37(34-17)18(2)26-25(22-6-4-5-7-23(22)29(38)39-26)20-12-19(13-21(30)14-20)15-36-10-8-35(3)9-11-36/h4-7,12-14,16,18H,8-11,15H2,1-3H3,(H2,31,32,33). The highest BCUT2D eigenvalue weighted by Gasteiger charge is 2.26. The van der Waals surface area contributed by atoms with Crippen LogP contribution in [0.3, 0.4) is 0 Å².